The maximum atomic E-state index is 12.1. The molecule has 0 aliphatic carbocycles. The van der Waals surface area contributed by atoms with E-state index in [1.807, 2.05) is 31.3 Å². The zero-order chi connectivity index (χ0) is 14.5. The number of nitrogens with one attached hydrogen (secondary N) is 1. The van der Waals surface area contributed by atoms with Crippen LogP contribution in [0.4, 0.5) is 8.78 Å². The lowest BCUT2D eigenvalue weighted by Crippen LogP contribution is -2.17. The van der Waals surface area contributed by atoms with Crippen LogP contribution in [0, 0.1) is 0 Å². The maximum Gasteiger partial charge on any atom is 0.387 e. The van der Waals surface area contributed by atoms with Crippen molar-refractivity contribution in [2.45, 2.75) is 12.7 Å². The average molecular weight is 342 g/mol. The summed E-state index contributed by atoms with van der Waals surface area (Å²) in [6.07, 6.45) is 0. The van der Waals surface area contributed by atoms with Gasteiger partial charge in [-0.1, -0.05) is 40.2 Å². The number of alkyl halides is 2. The Bertz CT molecular complexity index is 543. The van der Waals surface area contributed by atoms with Gasteiger partial charge < -0.3 is 10.1 Å². The molecule has 106 valence electrons. The van der Waals surface area contributed by atoms with E-state index in [0.29, 0.717) is 0 Å². The molecule has 0 saturated carbocycles. The van der Waals surface area contributed by atoms with E-state index in [1.165, 1.54) is 0 Å². The van der Waals surface area contributed by atoms with E-state index in [4.69, 9.17) is 0 Å². The smallest absolute Gasteiger partial charge is 0.387 e. The van der Waals surface area contributed by atoms with Crippen LogP contribution in [-0.4, -0.2) is 13.7 Å². The topological polar surface area (TPSA) is 21.3 Å². The Morgan fingerprint density at radius 1 is 0.950 bits per heavy atom. The predicted octanol–water partition coefficient (Wildman–Crippen LogP) is 4.36. The maximum absolute atomic E-state index is 12.1. The van der Waals surface area contributed by atoms with Crippen LogP contribution in [0.5, 0.6) is 5.75 Å². The summed E-state index contributed by atoms with van der Waals surface area (Å²) in [6, 6.07) is 14.6. The quantitative estimate of drug-likeness (QED) is 0.872. The first-order valence-electron chi connectivity index (χ1n) is 6.07. The summed E-state index contributed by atoms with van der Waals surface area (Å²) >= 11 is 3.40. The third kappa shape index (κ3) is 3.77. The van der Waals surface area contributed by atoms with Gasteiger partial charge in [-0.3, -0.25) is 0 Å². The van der Waals surface area contributed by atoms with Crippen LogP contribution in [0.2, 0.25) is 0 Å². The zero-order valence-electron chi connectivity index (χ0n) is 10.8. The number of hydrogen-bond donors (Lipinski definition) is 1. The molecule has 5 heteroatoms. The number of benzene rings is 2. The molecule has 0 amide bonds. The average Bonchev–Trinajstić information content (AvgIpc) is 2.43. The molecule has 1 unspecified atom stereocenters. The fraction of sp³-hybridized carbons (Fsp3) is 0.200. The van der Waals surface area contributed by atoms with Gasteiger partial charge in [-0.25, -0.2) is 0 Å². The fourth-order valence-electron chi connectivity index (χ4n) is 2.02. The molecule has 0 radical (unpaired) electrons. The van der Waals surface area contributed by atoms with Crippen LogP contribution in [0.15, 0.2) is 53.0 Å². The van der Waals surface area contributed by atoms with Gasteiger partial charge in [0.15, 0.2) is 0 Å². The Labute approximate surface area is 124 Å². The van der Waals surface area contributed by atoms with Crippen LogP contribution in [0.3, 0.4) is 0 Å². The van der Waals surface area contributed by atoms with Gasteiger partial charge in [-0.2, -0.15) is 8.78 Å². The molecule has 0 spiro atoms. The number of halogens is 3. The summed E-state index contributed by atoms with van der Waals surface area (Å²) in [5, 5.41) is 3.21. The van der Waals surface area contributed by atoms with Crippen molar-refractivity contribution in [3.8, 4) is 5.75 Å². The van der Waals surface area contributed by atoms with E-state index in [1.54, 1.807) is 24.3 Å². The number of rotatable bonds is 5. The van der Waals surface area contributed by atoms with Crippen molar-refractivity contribution in [1.82, 2.24) is 5.32 Å². The Balaban J connectivity index is 2.21. The van der Waals surface area contributed by atoms with E-state index < -0.39 is 6.61 Å². The van der Waals surface area contributed by atoms with E-state index in [9.17, 15) is 8.78 Å². The van der Waals surface area contributed by atoms with Crippen molar-refractivity contribution in [3.05, 3.63) is 64.1 Å². The van der Waals surface area contributed by atoms with Gasteiger partial charge in [0, 0.05) is 4.47 Å². The van der Waals surface area contributed by atoms with Crippen LogP contribution in [0.25, 0.3) is 0 Å². The molecule has 2 nitrogen and oxygen atoms in total. The molecule has 2 aromatic carbocycles. The lowest BCUT2D eigenvalue weighted by molar-refractivity contribution is -0.0498. The SMILES string of the molecule is CNC(c1ccc(Br)cc1)c1ccc(OC(F)F)cc1. The molecule has 0 aliphatic rings. The first-order valence-corrected chi connectivity index (χ1v) is 6.87. The Morgan fingerprint density at radius 3 is 1.90 bits per heavy atom. The fourth-order valence-corrected chi connectivity index (χ4v) is 2.29. The summed E-state index contributed by atoms with van der Waals surface area (Å²) in [7, 11) is 1.86. The Hall–Kier alpha value is -1.46. The Kier molecular flexibility index (Phi) is 5.09. The van der Waals surface area contributed by atoms with E-state index >= 15 is 0 Å². The molecule has 20 heavy (non-hydrogen) atoms. The van der Waals surface area contributed by atoms with Crippen molar-refractivity contribution < 1.29 is 13.5 Å². The summed E-state index contributed by atoms with van der Waals surface area (Å²) in [4.78, 5) is 0. The minimum absolute atomic E-state index is 0.00343. The Morgan fingerprint density at radius 2 is 1.45 bits per heavy atom. The highest BCUT2D eigenvalue weighted by molar-refractivity contribution is 9.10. The molecule has 0 saturated heterocycles. The van der Waals surface area contributed by atoms with Crippen molar-refractivity contribution in [1.29, 1.82) is 0 Å². The summed E-state index contributed by atoms with van der Waals surface area (Å²) in [6.45, 7) is -2.80. The molecule has 2 rings (SSSR count). The first kappa shape index (κ1) is 14.9. The summed E-state index contributed by atoms with van der Waals surface area (Å²) in [5.41, 5.74) is 2.08. The van der Waals surface area contributed by atoms with Gasteiger partial charge >= 0.3 is 6.61 Å². The second-order valence-electron chi connectivity index (χ2n) is 4.22. The highest BCUT2D eigenvalue weighted by Gasteiger charge is 2.12. The second-order valence-corrected chi connectivity index (χ2v) is 5.14. The molecule has 0 fully saturated rings. The molecule has 1 atom stereocenters. The van der Waals surface area contributed by atoms with Gasteiger partial charge in [-0.05, 0) is 42.4 Å². The van der Waals surface area contributed by atoms with Crippen molar-refractivity contribution >= 4 is 15.9 Å². The summed E-state index contributed by atoms with van der Waals surface area (Å²) in [5.74, 6) is 0.161. The third-order valence-corrected chi connectivity index (χ3v) is 3.46. The molecule has 0 heterocycles. The molecular formula is C15H14BrF2NO. The minimum Gasteiger partial charge on any atom is -0.435 e. The zero-order valence-corrected chi connectivity index (χ0v) is 12.4. The minimum atomic E-state index is -2.80. The lowest BCUT2D eigenvalue weighted by atomic mass is 9.99. The van der Waals surface area contributed by atoms with Crippen LogP contribution in [0.1, 0.15) is 17.2 Å². The lowest BCUT2D eigenvalue weighted by Gasteiger charge is -2.17. The highest BCUT2D eigenvalue weighted by atomic mass is 79.9. The summed E-state index contributed by atoms with van der Waals surface area (Å²) < 4.78 is 29.6. The highest BCUT2D eigenvalue weighted by Crippen LogP contribution is 2.25. The van der Waals surface area contributed by atoms with Gasteiger partial charge in [0.1, 0.15) is 5.75 Å². The molecule has 0 aliphatic heterocycles. The molecule has 0 bridgehead atoms. The second kappa shape index (κ2) is 6.81. The van der Waals surface area contributed by atoms with Crippen LogP contribution < -0.4 is 10.1 Å². The monoisotopic (exact) mass is 341 g/mol. The molecule has 2 aromatic rings. The van der Waals surface area contributed by atoms with Gasteiger partial charge in [0.05, 0.1) is 6.04 Å². The van der Waals surface area contributed by atoms with Gasteiger partial charge in [0.25, 0.3) is 0 Å². The molecular weight excluding hydrogens is 328 g/mol. The third-order valence-electron chi connectivity index (χ3n) is 2.93. The van der Waals surface area contributed by atoms with Crippen molar-refractivity contribution in [2.75, 3.05) is 7.05 Å². The van der Waals surface area contributed by atoms with Gasteiger partial charge in [-0.15, -0.1) is 0 Å². The molecule has 0 aromatic heterocycles. The van der Waals surface area contributed by atoms with E-state index in [0.717, 1.165) is 15.6 Å². The largest absolute Gasteiger partial charge is 0.435 e. The van der Waals surface area contributed by atoms with Crippen LogP contribution in [-0.2, 0) is 0 Å². The van der Waals surface area contributed by atoms with E-state index in [-0.39, 0.29) is 11.8 Å². The predicted molar refractivity (Wildman–Crippen MR) is 78.1 cm³/mol. The number of hydrogen-bond acceptors (Lipinski definition) is 2. The van der Waals surface area contributed by atoms with Gasteiger partial charge in [0.2, 0.25) is 0 Å². The first-order chi connectivity index (χ1) is 9.60. The van der Waals surface area contributed by atoms with Crippen LogP contribution >= 0.6 is 15.9 Å². The van der Waals surface area contributed by atoms with E-state index in [2.05, 4.69) is 26.0 Å². The molecule has 1 N–H and O–H groups in total. The normalized spacial score (nSPS) is 12.4. The van der Waals surface area contributed by atoms with Crippen molar-refractivity contribution in [2.24, 2.45) is 0 Å². The standard InChI is InChI=1S/C15H14BrF2NO/c1-19-14(10-2-6-12(16)7-3-10)11-4-8-13(9-5-11)20-15(17)18/h2-9,14-15,19H,1H3. The number of ether oxygens (including phenoxy) is 1. The van der Waals surface area contributed by atoms with Crippen molar-refractivity contribution in [3.63, 3.8) is 0 Å².